The number of fused-ring (bicyclic) bond motifs is 1. The summed E-state index contributed by atoms with van der Waals surface area (Å²) in [5, 5.41) is 0. The maximum atomic E-state index is 5.44. The summed E-state index contributed by atoms with van der Waals surface area (Å²) in [5.74, 6) is 1.76. The molecular formula is C12H14O2. The summed E-state index contributed by atoms with van der Waals surface area (Å²) in [6.07, 6.45) is 9.04. The van der Waals surface area contributed by atoms with Gasteiger partial charge in [0.1, 0.15) is 13.2 Å². The van der Waals surface area contributed by atoms with Crippen molar-refractivity contribution in [3.05, 3.63) is 23.8 Å². The molecule has 0 radical (unpaired) electrons. The van der Waals surface area contributed by atoms with Gasteiger partial charge in [-0.2, -0.15) is 0 Å². The first kappa shape index (κ1) is 10.5. The van der Waals surface area contributed by atoms with Crippen LogP contribution in [0.25, 0.3) is 0 Å². The lowest BCUT2D eigenvalue weighted by Crippen LogP contribution is -2.15. The van der Waals surface area contributed by atoms with Crippen LogP contribution < -0.4 is 9.47 Å². The Morgan fingerprint density at radius 1 is 1.14 bits per heavy atom. The molecule has 2 rings (SSSR count). The van der Waals surface area contributed by atoms with Gasteiger partial charge < -0.3 is 9.47 Å². The molecule has 2 heteroatoms. The van der Waals surface area contributed by atoms with E-state index < -0.39 is 0 Å². The van der Waals surface area contributed by atoms with E-state index in [1.807, 2.05) is 6.07 Å². The molecule has 1 aromatic rings. The number of aryl methyl sites for hydroxylation is 1. The molecule has 74 valence electrons. The lowest BCUT2D eigenvalue weighted by atomic mass is 10.1. The summed E-state index contributed by atoms with van der Waals surface area (Å²) < 4.78 is 10.8. The van der Waals surface area contributed by atoms with Gasteiger partial charge >= 0.3 is 0 Å². The first-order valence-electron chi connectivity index (χ1n) is 4.62. The maximum absolute atomic E-state index is 5.44. The fourth-order valence-electron chi connectivity index (χ4n) is 1.31. The molecule has 0 aliphatic carbocycles. The summed E-state index contributed by atoms with van der Waals surface area (Å²) in [6, 6.07) is 6.11. The first-order valence-corrected chi connectivity index (χ1v) is 4.62. The Hall–Kier alpha value is -1.62. The van der Waals surface area contributed by atoms with E-state index in [0.717, 1.165) is 17.9 Å². The van der Waals surface area contributed by atoms with Crippen molar-refractivity contribution in [1.29, 1.82) is 0 Å². The van der Waals surface area contributed by atoms with Crippen molar-refractivity contribution in [2.24, 2.45) is 0 Å². The molecule has 1 aliphatic heterocycles. The highest BCUT2D eigenvalue weighted by Gasteiger charge is 2.10. The Morgan fingerprint density at radius 2 is 1.79 bits per heavy atom. The van der Waals surface area contributed by atoms with E-state index in [1.54, 1.807) is 0 Å². The van der Waals surface area contributed by atoms with E-state index in [9.17, 15) is 0 Å². The topological polar surface area (TPSA) is 18.5 Å². The fourth-order valence-corrected chi connectivity index (χ4v) is 1.31. The van der Waals surface area contributed by atoms with Crippen molar-refractivity contribution in [3.63, 3.8) is 0 Å². The molecule has 0 aromatic heterocycles. The normalized spacial score (nSPS) is 12.5. The minimum absolute atomic E-state index is 0.665. The van der Waals surface area contributed by atoms with Crippen LogP contribution in [0.1, 0.15) is 12.5 Å². The molecule has 1 aromatic carbocycles. The van der Waals surface area contributed by atoms with Crippen molar-refractivity contribution in [1.82, 2.24) is 0 Å². The van der Waals surface area contributed by atoms with Crippen LogP contribution in [0, 0.1) is 12.8 Å². The third-order valence-corrected chi connectivity index (χ3v) is 2.01. The number of ether oxygens (including phenoxy) is 2. The predicted octanol–water partition coefficient (Wildman–Crippen LogP) is 2.27. The number of hydrogen-bond donors (Lipinski definition) is 0. The molecule has 0 atom stereocenters. The zero-order valence-corrected chi connectivity index (χ0v) is 8.32. The number of rotatable bonds is 1. The van der Waals surface area contributed by atoms with Crippen molar-refractivity contribution >= 4 is 0 Å². The smallest absolute Gasteiger partial charge is 0.161 e. The minimum Gasteiger partial charge on any atom is -0.486 e. The van der Waals surface area contributed by atoms with Crippen LogP contribution in [0.15, 0.2) is 18.2 Å². The van der Waals surface area contributed by atoms with Gasteiger partial charge in [-0.15, -0.1) is 12.8 Å². The standard InChI is InChI=1S/C10H12O2.C2H2/c1-2-8-3-4-9-10(7-8)12-6-5-11-9;1-2/h3-4,7H,2,5-6H2,1H3;1-2H. The highest BCUT2D eigenvalue weighted by Crippen LogP contribution is 2.30. The second kappa shape index (κ2) is 5.18. The Bertz CT molecular complexity index is 315. The zero-order chi connectivity index (χ0) is 10.4. The van der Waals surface area contributed by atoms with Crippen molar-refractivity contribution in [2.45, 2.75) is 13.3 Å². The van der Waals surface area contributed by atoms with Gasteiger partial charge in [-0.1, -0.05) is 13.0 Å². The average Bonchev–Trinajstić information content (AvgIpc) is 2.31. The molecule has 14 heavy (non-hydrogen) atoms. The zero-order valence-electron chi connectivity index (χ0n) is 8.32. The van der Waals surface area contributed by atoms with Gasteiger partial charge in [0.25, 0.3) is 0 Å². The van der Waals surface area contributed by atoms with Crippen molar-refractivity contribution in [3.8, 4) is 24.3 Å². The number of benzene rings is 1. The molecule has 0 saturated heterocycles. The summed E-state index contributed by atoms with van der Waals surface area (Å²) in [5.41, 5.74) is 1.29. The van der Waals surface area contributed by atoms with E-state index in [2.05, 4.69) is 31.9 Å². The van der Waals surface area contributed by atoms with Gasteiger partial charge in [-0.05, 0) is 24.1 Å². The molecule has 1 heterocycles. The van der Waals surface area contributed by atoms with Gasteiger partial charge in [0, 0.05) is 0 Å². The summed E-state index contributed by atoms with van der Waals surface area (Å²) >= 11 is 0. The van der Waals surface area contributed by atoms with Crippen LogP contribution in [0.2, 0.25) is 0 Å². The molecule has 0 saturated carbocycles. The molecule has 0 N–H and O–H groups in total. The van der Waals surface area contributed by atoms with Crippen LogP contribution in [-0.4, -0.2) is 13.2 Å². The Balaban J connectivity index is 0.000000461. The van der Waals surface area contributed by atoms with E-state index in [-0.39, 0.29) is 0 Å². The summed E-state index contributed by atoms with van der Waals surface area (Å²) in [6.45, 7) is 3.46. The van der Waals surface area contributed by atoms with Crippen LogP contribution >= 0.6 is 0 Å². The van der Waals surface area contributed by atoms with E-state index >= 15 is 0 Å². The minimum atomic E-state index is 0.665. The highest BCUT2D eigenvalue weighted by molar-refractivity contribution is 5.43. The van der Waals surface area contributed by atoms with Crippen LogP contribution in [0.3, 0.4) is 0 Å². The third-order valence-electron chi connectivity index (χ3n) is 2.01. The van der Waals surface area contributed by atoms with Crippen molar-refractivity contribution in [2.75, 3.05) is 13.2 Å². The molecule has 0 unspecified atom stereocenters. The highest BCUT2D eigenvalue weighted by atomic mass is 16.6. The SMILES string of the molecule is C#C.CCc1ccc2c(c1)OCCO2. The van der Waals surface area contributed by atoms with Gasteiger partial charge in [-0.3, -0.25) is 0 Å². The van der Waals surface area contributed by atoms with Crippen LogP contribution in [0.4, 0.5) is 0 Å². The molecule has 0 bridgehead atoms. The van der Waals surface area contributed by atoms with E-state index in [0.29, 0.717) is 13.2 Å². The predicted molar refractivity (Wildman–Crippen MR) is 56.7 cm³/mol. The molecule has 0 fully saturated rings. The van der Waals surface area contributed by atoms with Gasteiger partial charge in [0.2, 0.25) is 0 Å². The van der Waals surface area contributed by atoms with Gasteiger partial charge in [-0.25, -0.2) is 0 Å². The van der Waals surface area contributed by atoms with Gasteiger partial charge in [0.05, 0.1) is 0 Å². The second-order valence-electron chi connectivity index (χ2n) is 2.83. The lowest BCUT2D eigenvalue weighted by molar-refractivity contribution is 0.171. The first-order chi connectivity index (χ1) is 6.90. The third kappa shape index (κ3) is 2.20. The molecule has 0 amide bonds. The second-order valence-corrected chi connectivity index (χ2v) is 2.83. The molecular weight excluding hydrogens is 176 g/mol. The van der Waals surface area contributed by atoms with Crippen LogP contribution in [-0.2, 0) is 6.42 Å². The number of terminal acetylenes is 1. The largest absolute Gasteiger partial charge is 0.486 e. The Morgan fingerprint density at radius 3 is 2.43 bits per heavy atom. The average molecular weight is 190 g/mol. The molecule has 1 aliphatic rings. The van der Waals surface area contributed by atoms with Crippen LogP contribution in [0.5, 0.6) is 11.5 Å². The lowest BCUT2D eigenvalue weighted by Gasteiger charge is -2.18. The Kier molecular flexibility index (Phi) is 3.87. The molecule has 0 spiro atoms. The fraction of sp³-hybridized carbons (Fsp3) is 0.333. The maximum Gasteiger partial charge on any atom is 0.161 e. The quantitative estimate of drug-likeness (QED) is 0.632. The monoisotopic (exact) mass is 190 g/mol. The Labute approximate surface area is 84.8 Å². The van der Waals surface area contributed by atoms with E-state index in [4.69, 9.17) is 9.47 Å². The molecule has 2 nitrogen and oxygen atoms in total. The van der Waals surface area contributed by atoms with Crippen molar-refractivity contribution < 1.29 is 9.47 Å². The number of hydrogen-bond acceptors (Lipinski definition) is 2. The van der Waals surface area contributed by atoms with E-state index in [1.165, 1.54) is 5.56 Å². The summed E-state index contributed by atoms with van der Waals surface area (Å²) in [4.78, 5) is 0. The summed E-state index contributed by atoms with van der Waals surface area (Å²) in [7, 11) is 0. The van der Waals surface area contributed by atoms with Gasteiger partial charge in [0.15, 0.2) is 11.5 Å².